The van der Waals surface area contributed by atoms with E-state index >= 15 is 0 Å². The molecule has 0 unspecified atom stereocenters. The molecule has 2 fully saturated rings. The van der Waals surface area contributed by atoms with Crippen molar-refractivity contribution in [2.24, 2.45) is 11.3 Å². The van der Waals surface area contributed by atoms with Gasteiger partial charge in [-0.2, -0.15) is 0 Å². The Bertz CT molecular complexity index is 581. The van der Waals surface area contributed by atoms with E-state index in [4.69, 9.17) is 33.2 Å². The van der Waals surface area contributed by atoms with E-state index in [1.54, 1.807) is 0 Å². The van der Waals surface area contributed by atoms with Crippen molar-refractivity contribution in [3.8, 4) is 0 Å². The molecule has 196 valence electrons. The first-order valence-electron chi connectivity index (χ1n) is 12.8. The molecule has 0 N–H and O–H groups in total. The van der Waals surface area contributed by atoms with Gasteiger partial charge in [-0.15, -0.1) is 0 Å². The molecule has 0 saturated carbocycles. The fraction of sp³-hybridized carbons (Fsp3) is 1.00. The van der Waals surface area contributed by atoms with E-state index in [1.165, 1.54) is 0 Å². The van der Waals surface area contributed by atoms with Gasteiger partial charge < -0.3 is 33.2 Å². The fourth-order valence-corrected chi connectivity index (χ4v) is 4.52. The molecule has 0 aromatic heterocycles. The molecule has 2 rings (SSSR count). The molecule has 33 heavy (non-hydrogen) atoms. The second-order valence-corrected chi connectivity index (χ2v) is 11.7. The second-order valence-electron chi connectivity index (χ2n) is 11.7. The molecule has 7 nitrogen and oxygen atoms in total. The Labute approximate surface area is 202 Å². The highest BCUT2D eigenvalue weighted by Crippen LogP contribution is 2.41. The van der Waals surface area contributed by atoms with Gasteiger partial charge in [0.05, 0.1) is 55.8 Å². The van der Waals surface area contributed by atoms with E-state index in [0.717, 1.165) is 12.8 Å². The van der Waals surface area contributed by atoms with E-state index in [0.29, 0.717) is 51.8 Å². The average molecular weight is 475 g/mol. The molecule has 0 atom stereocenters. The van der Waals surface area contributed by atoms with Crippen molar-refractivity contribution in [1.29, 1.82) is 0 Å². The number of ether oxygens (including phenoxy) is 7. The van der Waals surface area contributed by atoms with Crippen LogP contribution in [0.4, 0.5) is 0 Å². The molecule has 0 bridgehead atoms. The zero-order valence-corrected chi connectivity index (χ0v) is 22.9. The van der Waals surface area contributed by atoms with Gasteiger partial charge in [0.2, 0.25) is 0 Å². The van der Waals surface area contributed by atoms with Crippen molar-refractivity contribution >= 4 is 0 Å². The van der Waals surface area contributed by atoms with Crippen molar-refractivity contribution in [3.05, 3.63) is 0 Å². The molecule has 0 aromatic rings. The van der Waals surface area contributed by atoms with Crippen LogP contribution in [0.25, 0.3) is 0 Å². The quantitative estimate of drug-likeness (QED) is 0.362. The highest BCUT2D eigenvalue weighted by Gasteiger charge is 2.52. The zero-order chi connectivity index (χ0) is 25.0. The third-order valence-electron chi connectivity index (χ3n) is 6.20. The largest absolute Gasteiger partial charge is 0.375 e. The lowest BCUT2D eigenvalue weighted by atomic mass is 9.90. The minimum Gasteiger partial charge on any atom is -0.375 e. The first kappa shape index (κ1) is 29.0. The van der Waals surface area contributed by atoms with Gasteiger partial charge in [-0.3, -0.25) is 0 Å². The molecule has 0 amide bonds. The van der Waals surface area contributed by atoms with Gasteiger partial charge in [-0.1, -0.05) is 27.7 Å². The molecular formula is C26H50O7. The topological polar surface area (TPSA) is 64.6 Å². The van der Waals surface area contributed by atoms with Crippen LogP contribution in [0.1, 0.15) is 94.9 Å². The molecule has 0 aromatic carbocycles. The van der Waals surface area contributed by atoms with Crippen molar-refractivity contribution in [2.75, 3.05) is 33.0 Å². The molecule has 2 saturated heterocycles. The van der Waals surface area contributed by atoms with Gasteiger partial charge in [0.15, 0.2) is 0 Å². The standard InChI is InChI=1S/C26H50O7/c1-11-25(32-21(5)6)28-16-24(17-29-25)18-30-26(12-2,31-19-24)33-22(7,8)13-14-27-23(9,10)15-20(3)4/h20-21H,11-19H2,1-10H3. The Morgan fingerprint density at radius 1 is 0.758 bits per heavy atom. The lowest BCUT2D eigenvalue weighted by molar-refractivity contribution is -0.477. The van der Waals surface area contributed by atoms with Crippen molar-refractivity contribution in [3.63, 3.8) is 0 Å². The van der Waals surface area contributed by atoms with E-state index in [1.807, 2.05) is 27.7 Å². The molecule has 0 radical (unpaired) electrons. The average Bonchev–Trinajstić information content (AvgIpc) is 2.70. The predicted octanol–water partition coefficient (Wildman–Crippen LogP) is 5.65. The first-order valence-corrected chi connectivity index (χ1v) is 12.8. The van der Waals surface area contributed by atoms with Crippen LogP contribution in [0.15, 0.2) is 0 Å². The Morgan fingerprint density at radius 2 is 1.24 bits per heavy atom. The fourth-order valence-electron chi connectivity index (χ4n) is 4.52. The zero-order valence-electron chi connectivity index (χ0n) is 22.9. The van der Waals surface area contributed by atoms with E-state index < -0.39 is 17.5 Å². The molecule has 1 spiro atoms. The maximum atomic E-state index is 6.43. The lowest BCUT2D eigenvalue weighted by Crippen LogP contribution is -2.61. The van der Waals surface area contributed by atoms with Crippen LogP contribution in [0.5, 0.6) is 0 Å². The monoisotopic (exact) mass is 474 g/mol. The van der Waals surface area contributed by atoms with Crippen LogP contribution >= 0.6 is 0 Å². The van der Waals surface area contributed by atoms with E-state index in [-0.39, 0.29) is 17.1 Å². The summed E-state index contributed by atoms with van der Waals surface area (Å²) >= 11 is 0. The first-order chi connectivity index (χ1) is 15.2. The molecule has 2 heterocycles. The van der Waals surface area contributed by atoms with Crippen molar-refractivity contribution in [2.45, 2.75) is 124 Å². The van der Waals surface area contributed by atoms with E-state index in [2.05, 4.69) is 41.5 Å². The van der Waals surface area contributed by atoms with Gasteiger partial charge >= 0.3 is 0 Å². The van der Waals surface area contributed by atoms with Crippen LogP contribution in [-0.4, -0.2) is 62.3 Å². The molecule has 0 aliphatic carbocycles. The van der Waals surface area contributed by atoms with Crippen molar-refractivity contribution < 1.29 is 33.2 Å². The molecule has 2 aliphatic heterocycles. The van der Waals surface area contributed by atoms with Crippen LogP contribution in [0.3, 0.4) is 0 Å². The molecular weight excluding hydrogens is 424 g/mol. The summed E-state index contributed by atoms with van der Waals surface area (Å²) in [5, 5.41) is 0. The molecule has 7 heteroatoms. The third kappa shape index (κ3) is 8.41. The Hall–Kier alpha value is -0.280. The second kappa shape index (κ2) is 11.2. The summed E-state index contributed by atoms with van der Waals surface area (Å²) in [6.07, 6.45) is 2.98. The van der Waals surface area contributed by atoms with Gasteiger partial charge in [0.25, 0.3) is 11.9 Å². The van der Waals surface area contributed by atoms with Crippen LogP contribution < -0.4 is 0 Å². The Kier molecular flexibility index (Phi) is 9.82. The molecule has 2 aliphatic rings. The smallest absolute Gasteiger partial charge is 0.283 e. The highest BCUT2D eigenvalue weighted by molar-refractivity contribution is 4.88. The van der Waals surface area contributed by atoms with E-state index in [9.17, 15) is 0 Å². The number of rotatable bonds is 12. The summed E-state index contributed by atoms with van der Waals surface area (Å²) in [6.45, 7) is 23.2. The summed E-state index contributed by atoms with van der Waals surface area (Å²) in [7, 11) is 0. The van der Waals surface area contributed by atoms with Crippen molar-refractivity contribution in [1.82, 2.24) is 0 Å². The van der Waals surface area contributed by atoms with Gasteiger partial charge in [-0.05, 0) is 60.3 Å². The number of hydrogen-bond donors (Lipinski definition) is 0. The lowest BCUT2D eigenvalue weighted by Gasteiger charge is -2.51. The normalized spacial score (nSPS) is 31.6. The Morgan fingerprint density at radius 3 is 1.67 bits per heavy atom. The van der Waals surface area contributed by atoms with Crippen LogP contribution in [-0.2, 0) is 33.2 Å². The van der Waals surface area contributed by atoms with Gasteiger partial charge in [-0.25, -0.2) is 0 Å². The third-order valence-corrected chi connectivity index (χ3v) is 6.20. The minimum absolute atomic E-state index is 0.0150. The SMILES string of the molecule is CCC1(OC(C)C)OCC2(CO1)COC(CC)(OC(C)(C)CCOC(C)(C)CC(C)C)OC2. The van der Waals surface area contributed by atoms with Gasteiger partial charge in [0, 0.05) is 12.8 Å². The van der Waals surface area contributed by atoms with Crippen LogP contribution in [0, 0.1) is 11.3 Å². The summed E-state index contributed by atoms with van der Waals surface area (Å²) in [6, 6.07) is 0. The maximum Gasteiger partial charge on any atom is 0.283 e. The predicted molar refractivity (Wildman–Crippen MR) is 128 cm³/mol. The highest BCUT2D eigenvalue weighted by atomic mass is 16.9. The Balaban J connectivity index is 1.89. The number of hydrogen-bond acceptors (Lipinski definition) is 7. The minimum atomic E-state index is -1.07. The summed E-state index contributed by atoms with van der Waals surface area (Å²) < 4.78 is 43.1. The summed E-state index contributed by atoms with van der Waals surface area (Å²) in [5.74, 6) is -1.47. The van der Waals surface area contributed by atoms with Gasteiger partial charge in [0.1, 0.15) is 0 Å². The summed E-state index contributed by atoms with van der Waals surface area (Å²) in [4.78, 5) is 0. The van der Waals surface area contributed by atoms with Crippen LogP contribution in [0.2, 0.25) is 0 Å². The summed E-state index contributed by atoms with van der Waals surface area (Å²) in [5.41, 5.74) is -0.976. The maximum absolute atomic E-state index is 6.43.